The van der Waals surface area contributed by atoms with E-state index in [-0.39, 0.29) is 11.7 Å². The summed E-state index contributed by atoms with van der Waals surface area (Å²) in [6.07, 6.45) is 0. The third-order valence-corrected chi connectivity index (χ3v) is 3.90. The van der Waals surface area contributed by atoms with Gasteiger partial charge in [-0.15, -0.1) is 0 Å². The van der Waals surface area contributed by atoms with Gasteiger partial charge in [0.15, 0.2) is 5.76 Å². The molecule has 3 aromatic rings. The molecule has 1 heterocycles. The molecule has 0 aliphatic carbocycles. The lowest BCUT2D eigenvalue weighted by atomic mass is 10.1. The molecule has 0 fully saturated rings. The van der Waals surface area contributed by atoms with Crippen LogP contribution in [0.5, 0.6) is 0 Å². The minimum Gasteiger partial charge on any atom is -0.451 e. The summed E-state index contributed by atoms with van der Waals surface area (Å²) in [5.74, 6) is 0.436. The lowest BCUT2D eigenvalue weighted by Gasteiger charge is -2.06. The zero-order chi connectivity index (χ0) is 16.4. The largest absolute Gasteiger partial charge is 0.451 e. The zero-order valence-electron chi connectivity index (χ0n) is 12.5. The van der Waals surface area contributed by atoms with E-state index in [4.69, 9.17) is 21.8 Å². The maximum Gasteiger partial charge on any atom is 0.291 e. The number of furan rings is 1. The van der Waals surface area contributed by atoms with Crippen molar-refractivity contribution >= 4 is 28.9 Å². The Bertz CT molecular complexity index is 871. The SMILES string of the molecule is Cc1ccc(-c2ccc(C(=O)Nc3ccccc3N)o2)cc1Cl. The third-order valence-electron chi connectivity index (χ3n) is 3.50. The first-order valence-electron chi connectivity index (χ1n) is 7.07. The van der Waals surface area contributed by atoms with E-state index in [1.807, 2.05) is 25.1 Å². The van der Waals surface area contributed by atoms with Gasteiger partial charge in [0.05, 0.1) is 11.4 Å². The molecule has 23 heavy (non-hydrogen) atoms. The van der Waals surface area contributed by atoms with Crippen molar-refractivity contribution in [2.24, 2.45) is 0 Å². The Morgan fingerprint density at radius 1 is 1.13 bits per heavy atom. The Kier molecular flexibility index (Phi) is 4.08. The molecule has 2 aromatic carbocycles. The van der Waals surface area contributed by atoms with E-state index in [9.17, 15) is 4.79 Å². The first-order valence-corrected chi connectivity index (χ1v) is 7.44. The monoisotopic (exact) mass is 326 g/mol. The molecule has 0 atom stereocenters. The van der Waals surface area contributed by atoms with Crippen LogP contribution in [0.4, 0.5) is 11.4 Å². The number of aryl methyl sites for hydroxylation is 1. The van der Waals surface area contributed by atoms with Gasteiger partial charge in [-0.25, -0.2) is 0 Å². The Balaban J connectivity index is 1.82. The Labute approximate surface area is 138 Å². The van der Waals surface area contributed by atoms with Crippen LogP contribution in [0, 0.1) is 6.92 Å². The fraction of sp³-hybridized carbons (Fsp3) is 0.0556. The Morgan fingerprint density at radius 3 is 2.65 bits per heavy atom. The van der Waals surface area contributed by atoms with Crippen molar-refractivity contribution in [1.82, 2.24) is 0 Å². The van der Waals surface area contributed by atoms with Gasteiger partial charge in [0, 0.05) is 10.6 Å². The van der Waals surface area contributed by atoms with Crippen LogP contribution < -0.4 is 11.1 Å². The molecule has 1 amide bonds. The minimum absolute atomic E-state index is 0.208. The number of hydrogen-bond acceptors (Lipinski definition) is 3. The number of hydrogen-bond donors (Lipinski definition) is 2. The number of carbonyl (C=O) groups is 1. The number of nitrogens with one attached hydrogen (secondary N) is 1. The van der Waals surface area contributed by atoms with Crippen LogP contribution in [0.3, 0.4) is 0 Å². The number of anilines is 2. The molecule has 4 nitrogen and oxygen atoms in total. The predicted molar refractivity (Wildman–Crippen MR) is 92.7 cm³/mol. The summed E-state index contributed by atoms with van der Waals surface area (Å²) in [6, 6.07) is 16.0. The van der Waals surface area contributed by atoms with Crippen molar-refractivity contribution in [3.63, 3.8) is 0 Å². The average Bonchev–Trinajstić information content (AvgIpc) is 3.02. The highest BCUT2D eigenvalue weighted by Gasteiger charge is 2.14. The quantitative estimate of drug-likeness (QED) is 0.683. The summed E-state index contributed by atoms with van der Waals surface area (Å²) < 4.78 is 5.63. The number of nitrogens with two attached hydrogens (primary N) is 1. The van der Waals surface area contributed by atoms with Crippen LogP contribution in [-0.2, 0) is 0 Å². The lowest BCUT2D eigenvalue weighted by molar-refractivity contribution is 0.0997. The number of nitrogen functional groups attached to an aromatic ring is 1. The van der Waals surface area contributed by atoms with E-state index < -0.39 is 0 Å². The molecule has 1 aromatic heterocycles. The van der Waals surface area contributed by atoms with Crippen molar-refractivity contribution in [2.75, 3.05) is 11.1 Å². The van der Waals surface area contributed by atoms with Crippen LogP contribution in [0.15, 0.2) is 59.0 Å². The molecular formula is C18H15ClN2O2. The second-order valence-corrected chi connectivity index (χ2v) is 5.58. The number of amides is 1. The standard InChI is InChI=1S/C18H15ClN2O2/c1-11-6-7-12(10-13(11)19)16-8-9-17(23-16)18(22)21-15-5-3-2-4-14(15)20/h2-10H,20H2,1H3,(H,21,22). The number of carbonyl (C=O) groups excluding carboxylic acids is 1. The summed E-state index contributed by atoms with van der Waals surface area (Å²) in [5.41, 5.74) is 8.67. The van der Waals surface area contributed by atoms with E-state index in [1.165, 1.54) is 0 Å². The molecule has 3 N–H and O–H groups in total. The first kappa shape index (κ1) is 15.2. The number of benzene rings is 2. The van der Waals surface area contributed by atoms with Crippen LogP contribution >= 0.6 is 11.6 Å². The van der Waals surface area contributed by atoms with E-state index in [1.54, 1.807) is 36.4 Å². The Hall–Kier alpha value is -2.72. The third kappa shape index (κ3) is 3.22. The molecule has 0 radical (unpaired) electrons. The van der Waals surface area contributed by atoms with Crippen molar-refractivity contribution < 1.29 is 9.21 Å². The highest BCUT2D eigenvalue weighted by molar-refractivity contribution is 6.31. The van der Waals surface area contributed by atoms with Gasteiger partial charge in [-0.1, -0.05) is 35.9 Å². The fourth-order valence-corrected chi connectivity index (χ4v) is 2.34. The van der Waals surface area contributed by atoms with Crippen molar-refractivity contribution in [2.45, 2.75) is 6.92 Å². The molecule has 0 spiro atoms. The van der Waals surface area contributed by atoms with Crippen LogP contribution in [0.2, 0.25) is 5.02 Å². The highest BCUT2D eigenvalue weighted by Crippen LogP contribution is 2.27. The van der Waals surface area contributed by atoms with Crippen LogP contribution in [0.1, 0.15) is 16.1 Å². The summed E-state index contributed by atoms with van der Waals surface area (Å²) >= 11 is 6.12. The maximum absolute atomic E-state index is 12.2. The van der Waals surface area contributed by atoms with Gasteiger partial charge in [-0.3, -0.25) is 4.79 Å². The maximum atomic E-state index is 12.2. The number of halogens is 1. The van der Waals surface area contributed by atoms with Gasteiger partial charge in [-0.05, 0) is 42.8 Å². The molecule has 0 saturated heterocycles. The summed E-state index contributed by atoms with van der Waals surface area (Å²) in [7, 11) is 0. The number of para-hydroxylation sites is 2. The molecule has 3 rings (SSSR count). The molecule has 0 aliphatic heterocycles. The van der Waals surface area contributed by atoms with Crippen molar-refractivity contribution in [3.8, 4) is 11.3 Å². The smallest absolute Gasteiger partial charge is 0.291 e. The summed E-state index contributed by atoms with van der Waals surface area (Å²) in [4.78, 5) is 12.2. The van der Waals surface area contributed by atoms with Gasteiger partial charge < -0.3 is 15.5 Å². The molecule has 5 heteroatoms. The van der Waals surface area contributed by atoms with E-state index in [0.29, 0.717) is 22.2 Å². The molecule has 0 aliphatic rings. The second kappa shape index (κ2) is 6.18. The highest BCUT2D eigenvalue weighted by atomic mass is 35.5. The minimum atomic E-state index is -0.354. The Morgan fingerprint density at radius 2 is 1.91 bits per heavy atom. The number of rotatable bonds is 3. The van der Waals surface area contributed by atoms with Gasteiger partial charge in [-0.2, -0.15) is 0 Å². The molecule has 0 unspecified atom stereocenters. The van der Waals surface area contributed by atoms with Gasteiger partial charge in [0.25, 0.3) is 5.91 Å². The lowest BCUT2D eigenvalue weighted by Crippen LogP contribution is -2.12. The normalized spacial score (nSPS) is 10.5. The van der Waals surface area contributed by atoms with Crippen LogP contribution in [0.25, 0.3) is 11.3 Å². The van der Waals surface area contributed by atoms with Gasteiger partial charge >= 0.3 is 0 Å². The second-order valence-electron chi connectivity index (χ2n) is 5.17. The zero-order valence-corrected chi connectivity index (χ0v) is 13.2. The fourth-order valence-electron chi connectivity index (χ4n) is 2.16. The van der Waals surface area contributed by atoms with E-state index >= 15 is 0 Å². The molecule has 0 saturated carbocycles. The van der Waals surface area contributed by atoms with E-state index in [0.717, 1.165) is 11.1 Å². The predicted octanol–water partition coefficient (Wildman–Crippen LogP) is 4.74. The topological polar surface area (TPSA) is 68.3 Å². The average molecular weight is 327 g/mol. The van der Waals surface area contributed by atoms with Gasteiger partial charge in [0.1, 0.15) is 5.76 Å². The first-order chi connectivity index (χ1) is 11.0. The molecule has 116 valence electrons. The molecular weight excluding hydrogens is 312 g/mol. The summed E-state index contributed by atoms with van der Waals surface area (Å²) in [5, 5.41) is 3.38. The van der Waals surface area contributed by atoms with Crippen LogP contribution in [-0.4, -0.2) is 5.91 Å². The van der Waals surface area contributed by atoms with Crippen molar-refractivity contribution in [1.29, 1.82) is 0 Å². The van der Waals surface area contributed by atoms with Gasteiger partial charge in [0.2, 0.25) is 0 Å². The molecule has 0 bridgehead atoms. The van der Waals surface area contributed by atoms with E-state index in [2.05, 4.69) is 5.32 Å². The van der Waals surface area contributed by atoms with Crippen molar-refractivity contribution in [3.05, 3.63) is 70.9 Å². The summed E-state index contributed by atoms with van der Waals surface area (Å²) in [6.45, 7) is 1.93.